The summed E-state index contributed by atoms with van der Waals surface area (Å²) >= 11 is 0. The van der Waals surface area contributed by atoms with Crippen molar-refractivity contribution < 1.29 is 14.3 Å². The quantitative estimate of drug-likeness (QED) is 0.742. The second-order valence-corrected chi connectivity index (χ2v) is 6.30. The zero-order valence-electron chi connectivity index (χ0n) is 13.6. The Bertz CT molecular complexity index is 331. The first kappa shape index (κ1) is 16.7. The number of ether oxygens (including phenoxy) is 2. The predicted octanol–water partition coefficient (Wildman–Crippen LogP) is 1.76. The minimum Gasteiger partial charge on any atom is -0.382 e. The van der Waals surface area contributed by atoms with E-state index in [-0.39, 0.29) is 24.2 Å². The van der Waals surface area contributed by atoms with Gasteiger partial charge in [-0.1, -0.05) is 26.2 Å². The molecule has 1 amide bonds. The molecular weight excluding hydrogens is 268 g/mol. The van der Waals surface area contributed by atoms with Crippen LogP contribution in [0.2, 0.25) is 0 Å². The molecule has 0 radical (unpaired) electrons. The van der Waals surface area contributed by atoms with E-state index in [1.165, 1.54) is 25.7 Å². The molecule has 122 valence electrons. The number of amides is 1. The molecule has 3 atom stereocenters. The molecule has 5 nitrogen and oxygen atoms in total. The van der Waals surface area contributed by atoms with Crippen LogP contribution in [-0.2, 0) is 14.3 Å². The van der Waals surface area contributed by atoms with Crippen molar-refractivity contribution >= 4 is 5.91 Å². The summed E-state index contributed by atoms with van der Waals surface area (Å²) in [5, 5.41) is 3.59. The van der Waals surface area contributed by atoms with E-state index in [4.69, 9.17) is 9.47 Å². The normalized spacial score (nSPS) is 28.5. The van der Waals surface area contributed by atoms with E-state index in [2.05, 4.69) is 12.2 Å². The first-order valence-corrected chi connectivity index (χ1v) is 8.29. The summed E-state index contributed by atoms with van der Waals surface area (Å²) in [5.74, 6) is 0.836. The minimum absolute atomic E-state index is 0.0133. The molecule has 1 N–H and O–H groups in total. The summed E-state index contributed by atoms with van der Waals surface area (Å²) < 4.78 is 10.7. The minimum atomic E-state index is -0.0509. The van der Waals surface area contributed by atoms with Crippen molar-refractivity contribution in [1.82, 2.24) is 10.2 Å². The van der Waals surface area contributed by atoms with Crippen LogP contribution >= 0.6 is 0 Å². The second kappa shape index (κ2) is 8.11. The molecule has 0 aromatic rings. The lowest BCUT2D eigenvalue weighted by Crippen LogP contribution is -2.47. The lowest BCUT2D eigenvalue weighted by molar-refractivity contribution is -0.133. The fourth-order valence-electron chi connectivity index (χ4n) is 3.67. The maximum Gasteiger partial charge on any atom is 0.241 e. The molecule has 2 rings (SSSR count). The van der Waals surface area contributed by atoms with Crippen molar-refractivity contribution in [2.75, 3.05) is 27.4 Å². The summed E-state index contributed by atoms with van der Waals surface area (Å²) in [6.45, 7) is 3.28. The van der Waals surface area contributed by atoms with Crippen molar-refractivity contribution in [2.45, 2.75) is 63.8 Å². The lowest BCUT2D eigenvalue weighted by atomic mass is 10.0. The second-order valence-electron chi connectivity index (χ2n) is 6.30. The van der Waals surface area contributed by atoms with Gasteiger partial charge in [-0.25, -0.2) is 0 Å². The highest BCUT2D eigenvalue weighted by atomic mass is 16.5. The van der Waals surface area contributed by atoms with Gasteiger partial charge in [0, 0.05) is 14.2 Å². The molecule has 0 aromatic heterocycles. The summed E-state index contributed by atoms with van der Waals surface area (Å²) in [6, 6.07) is -0.0133. The fraction of sp³-hybridized carbons (Fsp3) is 0.938. The number of nitrogens with zero attached hydrogens (tertiary/aromatic N) is 1. The molecule has 1 heterocycles. The molecule has 0 bridgehead atoms. The molecule has 5 heteroatoms. The Hall–Kier alpha value is -0.650. The highest BCUT2D eigenvalue weighted by Gasteiger charge is 2.43. The van der Waals surface area contributed by atoms with E-state index >= 15 is 0 Å². The van der Waals surface area contributed by atoms with Crippen LogP contribution in [0.5, 0.6) is 0 Å². The van der Waals surface area contributed by atoms with Crippen LogP contribution in [0.15, 0.2) is 0 Å². The van der Waals surface area contributed by atoms with Crippen molar-refractivity contribution in [2.24, 2.45) is 5.92 Å². The third-order valence-corrected chi connectivity index (χ3v) is 4.80. The average molecular weight is 298 g/mol. The third-order valence-electron chi connectivity index (χ3n) is 4.80. The summed E-state index contributed by atoms with van der Waals surface area (Å²) in [7, 11) is 3.36. The van der Waals surface area contributed by atoms with Crippen molar-refractivity contribution in [3.05, 3.63) is 0 Å². The Morgan fingerprint density at radius 3 is 2.62 bits per heavy atom. The molecule has 1 saturated carbocycles. The molecular formula is C16H30N2O3. The zero-order valence-corrected chi connectivity index (χ0v) is 13.6. The van der Waals surface area contributed by atoms with Gasteiger partial charge in [0.2, 0.25) is 5.91 Å². The van der Waals surface area contributed by atoms with Gasteiger partial charge in [-0.2, -0.15) is 0 Å². The maximum absolute atomic E-state index is 12.7. The lowest BCUT2D eigenvalue weighted by Gasteiger charge is -2.31. The van der Waals surface area contributed by atoms with Gasteiger partial charge in [0.25, 0.3) is 0 Å². The van der Waals surface area contributed by atoms with E-state index < -0.39 is 0 Å². The Kier molecular flexibility index (Phi) is 6.45. The van der Waals surface area contributed by atoms with E-state index in [1.807, 2.05) is 4.90 Å². The number of methoxy groups -OCH3 is 2. The number of nitrogens with one attached hydrogen (secondary N) is 1. The molecule has 0 aromatic carbocycles. The smallest absolute Gasteiger partial charge is 0.241 e. The van der Waals surface area contributed by atoms with Gasteiger partial charge in [0.05, 0.1) is 31.5 Å². The number of hydrogen-bond acceptors (Lipinski definition) is 4. The van der Waals surface area contributed by atoms with Crippen LogP contribution in [0.3, 0.4) is 0 Å². The van der Waals surface area contributed by atoms with Crippen molar-refractivity contribution in [1.29, 1.82) is 0 Å². The number of carbonyl (C=O) groups excluding carboxylic acids is 1. The predicted molar refractivity (Wildman–Crippen MR) is 82.0 cm³/mol. The van der Waals surface area contributed by atoms with Gasteiger partial charge in [-0.05, 0) is 25.2 Å². The van der Waals surface area contributed by atoms with Gasteiger partial charge in [-0.15, -0.1) is 0 Å². The van der Waals surface area contributed by atoms with Crippen molar-refractivity contribution in [3.63, 3.8) is 0 Å². The molecule has 0 spiro atoms. The fourth-order valence-corrected chi connectivity index (χ4v) is 3.67. The van der Waals surface area contributed by atoms with Gasteiger partial charge < -0.3 is 14.4 Å². The Balaban J connectivity index is 2.06. The van der Waals surface area contributed by atoms with Crippen LogP contribution in [0.4, 0.5) is 0 Å². The van der Waals surface area contributed by atoms with Crippen LogP contribution in [0, 0.1) is 5.92 Å². The number of carbonyl (C=O) groups is 1. The summed E-state index contributed by atoms with van der Waals surface area (Å²) in [4.78, 5) is 14.7. The standard InChI is InChI=1S/C16H30N2O3/c1-4-7-14-16(19)18(10-13(21-3)11-20-2)15(17-14)12-8-5-6-9-12/h12-15,17H,4-11H2,1-3H3. The van der Waals surface area contributed by atoms with E-state index in [0.29, 0.717) is 19.1 Å². The molecule has 3 unspecified atom stereocenters. The SMILES string of the molecule is CCCC1NC(C2CCCC2)N(CC(COC)OC)C1=O. The molecule has 2 aliphatic rings. The first-order chi connectivity index (χ1) is 10.2. The molecule has 1 saturated heterocycles. The van der Waals surface area contributed by atoms with Gasteiger partial charge in [-0.3, -0.25) is 10.1 Å². The summed E-state index contributed by atoms with van der Waals surface area (Å²) in [6.07, 6.45) is 7.10. The Morgan fingerprint density at radius 2 is 2.05 bits per heavy atom. The highest BCUT2D eigenvalue weighted by Crippen LogP contribution is 2.32. The first-order valence-electron chi connectivity index (χ1n) is 8.29. The Labute approximate surface area is 128 Å². The number of hydrogen-bond donors (Lipinski definition) is 1. The van der Waals surface area contributed by atoms with Gasteiger partial charge in [0.1, 0.15) is 0 Å². The maximum atomic E-state index is 12.7. The zero-order chi connectivity index (χ0) is 15.2. The van der Waals surface area contributed by atoms with Gasteiger partial charge in [0.15, 0.2) is 0 Å². The van der Waals surface area contributed by atoms with Crippen molar-refractivity contribution in [3.8, 4) is 0 Å². The van der Waals surface area contributed by atoms with Crippen LogP contribution < -0.4 is 5.32 Å². The molecule has 2 fully saturated rings. The van der Waals surface area contributed by atoms with E-state index in [9.17, 15) is 4.79 Å². The number of rotatable bonds is 8. The summed E-state index contributed by atoms with van der Waals surface area (Å²) in [5.41, 5.74) is 0. The molecule has 21 heavy (non-hydrogen) atoms. The average Bonchev–Trinajstić information content (AvgIpc) is 3.10. The highest BCUT2D eigenvalue weighted by molar-refractivity contribution is 5.84. The topological polar surface area (TPSA) is 50.8 Å². The Morgan fingerprint density at radius 1 is 1.33 bits per heavy atom. The third kappa shape index (κ3) is 3.96. The molecule has 1 aliphatic carbocycles. The van der Waals surface area contributed by atoms with E-state index in [0.717, 1.165) is 12.8 Å². The van der Waals surface area contributed by atoms with E-state index in [1.54, 1.807) is 14.2 Å². The van der Waals surface area contributed by atoms with Crippen LogP contribution in [-0.4, -0.2) is 56.5 Å². The van der Waals surface area contributed by atoms with Crippen LogP contribution in [0.25, 0.3) is 0 Å². The van der Waals surface area contributed by atoms with Gasteiger partial charge >= 0.3 is 0 Å². The monoisotopic (exact) mass is 298 g/mol. The van der Waals surface area contributed by atoms with Crippen LogP contribution in [0.1, 0.15) is 45.4 Å². The molecule has 1 aliphatic heterocycles. The largest absolute Gasteiger partial charge is 0.382 e.